The Balaban J connectivity index is 2.32. The van der Waals surface area contributed by atoms with Crippen LogP contribution in [0.3, 0.4) is 0 Å². The number of morpholine rings is 1. The molecule has 0 saturated carbocycles. The predicted octanol–water partition coefficient (Wildman–Crippen LogP) is 1.86. The zero-order chi connectivity index (χ0) is 12.3. The molecule has 0 aliphatic carbocycles. The Morgan fingerprint density at radius 2 is 1.75 bits per heavy atom. The highest BCUT2D eigenvalue weighted by Crippen LogP contribution is 2.20. The van der Waals surface area contributed by atoms with Gasteiger partial charge >= 0.3 is 0 Å². The Morgan fingerprint density at radius 1 is 1.25 bits per heavy atom. The van der Waals surface area contributed by atoms with Gasteiger partial charge in [-0.3, -0.25) is 4.90 Å². The maximum atomic E-state index is 6.18. The highest BCUT2D eigenvalue weighted by Gasteiger charge is 2.25. The summed E-state index contributed by atoms with van der Waals surface area (Å²) in [7, 11) is 0. The van der Waals surface area contributed by atoms with Gasteiger partial charge in [-0.15, -0.1) is 0 Å². The highest BCUT2D eigenvalue weighted by molar-refractivity contribution is 4.80. The number of ether oxygens (including phenoxy) is 1. The molecule has 0 spiro atoms. The van der Waals surface area contributed by atoms with Gasteiger partial charge < -0.3 is 10.5 Å². The van der Waals surface area contributed by atoms with Crippen LogP contribution in [0.5, 0.6) is 0 Å². The van der Waals surface area contributed by atoms with Gasteiger partial charge in [0, 0.05) is 19.1 Å². The van der Waals surface area contributed by atoms with Gasteiger partial charge in [-0.25, -0.2) is 0 Å². The molecule has 1 rings (SSSR count). The van der Waals surface area contributed by atoms with Crippen molar-refractivity contribution in [1.82, 2.24) is 4.90 Å². The molecule has 3 heteroatoms. The minimum atomic E-state index is 0.212. The van der Waals surface area contributed by atoms with Crippen molar-refractivity contribution < 1.29 is 4.74 Å². The van der Waals surface area contributed by atoms with Crippen LogP contribution in [0.2, 0.25) is 0 Å². The van der Waals surface area contributed by atoms with Crippen molar-refractivity contribution >= 4 is 0 Å². The predicted molar refractivity (Wildman–Crippen MR) is 68.5 cm³/mol. The minimum Gasteiger partial charge on any atom is -0.373 e. The van der Waals surface area contributed by atoms with E-state index in [1.54, 1.807) is 0 Å². The molecule has 0 aromatic rings. The molecule has 3 nitrogen and oxygen atoms in total. The first-order chi connectivity index (χ1) is 7.29. The van der Waals surface area contributed by atoms with Crippen LogP contribution >= 0.6 is 0 Å². The van der Waals surface area contributed by atoms with Crippen molar-refractivity contribution in [2.45, 2.75) is 59.3 Å². The van der Waals surface area contributed by atoms with Gasteiger partial charge in [0.15, 0.2) is 0 Å². The third-order valence-corrected chi connectivity index (χ3v) is 3.36. The topological polar surface area (TPSA) is 38.5 Å². The van der Waals surface area contributed by atoms with E-state index in [4.69, 9.17) is 10.5 Å². The molecule has 2 N–H and O–H groups in total. The van der Waals surface area contributed by atoms with Crippen LogP contribution in [-0.4, -0.2) is 42.8 Å². The van der Waals surface area contributed by atoms with Crippen molar-refractivity contribution in [1.29, 1.82) is 0 Å². The summed E-state index contributed by atoms with van der Waals surface area (Å²) in [6, 6.07) is 0.279. The maximum Gasteiger partial charge on any atom is 0.0678 e. The maximum absolute atomic E-state index is 6.18. The molecule has 0 radical (unpaired) electrons. The Labute approximate surface area is 100 Å². The molecule has 1 saturated heterocycles. The minimum absolute atomic E-state index is 0.212. The number of nitrogens with zero attached hydrogens (tertiary/aromatic N) is 1. The van der Waals surface area contributed by atoms with Crippen LogP contribution in [0.4, 0.5) is 0 Å². The third kappa shape index (κ3) is 4.40. The van der Waals surface area contributed by atoms with Crippen LogP contribution in [0, 0.1) is 5.41 Å². The lowest BCUT2D eigenvalue weighted by atomic mass is 9.85. The lowest BCUT2D eigenvalue weighted by Gasteiger charge is -2.37. The first kappa shape index (κ1) is 13.9. The van der Waals surface area contributed by atoms with Gasteiger partial charge in [-0.05, 0) is 32.2 Å². The van der Waals surface area contributed by atoms with Crippen LogP contribution < -0.4 is 5.73 Å². The average Bonchev–Trinajstić information content (AvgIpc) is 2.11. The van der Waals surface area contributed by atoms with E-state index in [-0.39, 0.29) is 11.5 Å². The third-order valence-electron chi connectivity index (χ3n) is 3.36. The van der Waals surface area contributed by atoms with E-state index < -0.39 is 0 Å². The molecule has 96 valence electrons. The summed E-state index contributed by atoms with van der Waals surface area (Å²) < 4.78 is 5.72. The lowest BCUT2D eigenvalue weighted by molar-refractivity contribution is -0.0688. The van der Waals surface area contributed by atoms with Crippen molar-refractivity contribution in [3.05, 3.63) is 0 Å². The van der Waals surface area contributed by atoms with Gasteiger partial charge in [0.1, 0.15) is 0 Å². The monoisotopic (exact) mass is 228 g/mol. The SMILES string of the molecule is CC1CN(CCC(N)C(C)(C)C)CC(C)O1. The van der Waals surface area contributed by atoms with Gasteiger partial charge in [0.2, 0.25) is 0 Å². The molecule has 0 bridgehead atoms. The van der Waals surface area contributed by atoms with Gasteiger partial charge in [-0.1, -0.05) is 20.8 Å². The molecule has 0 aromatic heterocycles. The summed E-state index contributed by atoms with van der Waals surface area (Å²) in [5, 5.41) is 0. The Morgan fingerprint density at radius 3 is 2.19 bits per heavy atom. The first-order valence-electron chi connectivity index (χ1n) is 6.42. The van der Waals surface area contributed by atoms with Crippen molar-refractivity contribution in [3.63, 3.8) is 0 Å². The summed E-state index contributed by atoms with van der Waals surface area (Å²) in [6.45, 7) is 14.1. The van der Waals surface area contributed by atoms with Gasteiger partial charge in [0.25, 0.3) is 0 Å². The molecule has 1 heterocycles. The molecule has 0 aromatic carbocycles. The van der Waals surface area contributed by atoms with Crippen molar-refractivity contribution in [2.75, 3.05) is 19.6 Å². The number of hydrogen-bond acceptors (Lipinski definition) is 3. The molecule has 16 heavy (non-hydrogen) atoms. The zero-order valence-corrected chi connectivity index (χ0v) is 11.5. The lowest BCUT2D eigenvalue weighted by Crippen LogP contribution is -2.47. The largest absolute Gasteiger partial charge is 0.373 e. The fourth-order valence-corrected chi connectivity index (χ4v) is 2.22. The van der Waals surface area contributed by atoms with Crippen LogP contribution in [0.15, 0.2) is 0 Å². The fraction of sp³-hybridized carbons (Fsp3) is 1.00. The van der Waals surface area contributed by atoms with E-state index in [0.29, 0.717) is 12.2 Å². The second-order valence-electron chi connectivity index (χ2n) is 6.28. The molecular weight excluding hydrogens is 200 g/mol. The van der Waals surface area contributed by atoms with Gasteiger partial charge in [0.05, 0.1) is 12.2 Å². The Bertz CT molecular complexity index is 202. The summed E-state index contributed by atoms with van der Waals surface area (Å²) in [4.78, 5) is 2.48. The van der Waals surface area contributed by atoms with Crippen molar-refractivity contribution in [3.8, 4) is 0 Å². The molecule has 1 aliphatic heterocycles. The molecule has 1 aliphatic rings. The Kier molecular flexibility index (Phi) is 4.77. The summed E-state index contributed by atoms with van der Waals surface area (Å²) in [6.07, 6.45) is 1.78. The van der Waals surface area contributed by atoms with E-state index in [1.165, 1.54) is 0 Å². The second kappa shape index (κ2) is 5.48. The van der Waals surface area contributed by atoms with E-state index in [0.717, 1.165) is 26.1 Å². The molecule has 0 amide bonds. The quantitative estimate of drug-likeness (QED) is 0.801. The number of nitrogens with two attached hydrogens (primary N) is 1. The van der Waals surface area contributed by atoms with Crippen LogP contribution in [0.1, 0.15) is 41.0 Å². The van der Waals surface area contributed by atoms with E-state index in [9.17, 15) is 0 Å². The number of hydrogen-bond donors (Lipinski definition) is 1. The summed E-state index contributed by atoms with van der Waals surface area (Å²) in [5.41, 5.74) is 6.39. The molecular formula is C13H28N2O. The smallest absolute Gasteiger partial charge is 0.0678 e. The van der Waals surface area contributed by atoms with Crippen LogP contribution in [-0.2, 0) is 4.74 Å². The molecule has 1 fully saturated rings. The van der Waals surface area contributed by atoms with Crippen molar-refractivity contribution in [2.24, 2.45) is 11.1 Å². The Hall–Kier alpha value is -0.120. The van der Waals surface area contributed by atoms with Gasteiger partial charge in [-0.2, -0.15) is 0 Å². The molecule has 3 atom stereocenters. The molecule has 3 unspecified atom stereocenters. The van der Waals surface area contributed by atoms with Crippen LogP contribution in [0.25, 0.3) is 0 Å². The first-order valence-corrected chi connectivity index (χ1v) is 6.42. The standard InChI is InChI=1S/C13H28N2O/c1-10-8-15(9-11(2)16-10)7-6-12(14)13(3,4)5/h10-12H,6-9,14H2,1-5H3. The number of rotatable bonds is 3. The van der Waals surface area contributed by atoms with E-state index >= 15 is 0 Å². The summed E-state index contributed by atoms with van der Waals surface area (Å²) in [5.74, 6) is 0. The van der Waals surface area contributed by atoms with E-state index in [1.807, 2.05) is 0 Å². The van der Waals surface area contributed by atoms with E-state index in [2.05, 4.69) is 39.5 Å². The fourth-order valence-electron chi connectivity index (χ4n) is 2.22. The highest BCUT2D eigenvalue weighted by atomic mass is 16.5. The zero-order valence-electron chi connectivity index (χ0n) is 11.5. The average molecular weight is 228 g/mol. The normalized spacial score (nSPS) is 30.4. The second-order valence-corrected chi connectivity index (χ2v) is 6.28. The summed E-state index contributed by atoms with van der Waals surface area (Å²) >= 11 is 0.